The molecule has 5 N–H and O–H groups in total. The molecule has 0 amide bonds. The zero-order valence-corrected chi connectivity index (χ0v) is 33.5. The second-order valence-electron chi connectivity index (χ2n) is 12.4. The summed E-state index contributed by atoms with van der Waals surface area (Å²) < 4.78 is 56.4. The lowest BCUT2D eigenvalue weighted by molar-refractivity contribution is 0.276. The Morgan fingerprint density at radius 1 is 0.293 bits per heavy atom. The molecule has 300 valence electrons. The fraction of sp³-hybridized carbons (Fsp3) is 0.122. The molecular weight excluding hydrogens is 803 g/mol. The van der Waals surface area contributed by atoms with Crippen LogP contribution in [0.5, 0.6) is 34.5 Å². The molecule has 6 aromatic carbocycles. The monoisotopic (exact) mass is 843 g/mol. The molecule has 0 radical (unpaired) electrons. The van der Waals surface area contributed by atoms with Gasteiger partial charge < -0.3 is 52.7 Å². The number of hydrogen-bond donors (Lipinski definition) is 5. The molecule has 0 saturated carbocycles. The Bertz CT molecular complexity index is 2330. The molecule has 0 spiro atoms. The van der Waals surface area contributed by atoms with E-state index < -0.39 is 56.0 Å². The van der Waals surface area contributed by atoms with Crippen molar-refractivity contribution in [2.45, 2.75) is 33.0 Å². The van der Waals surface area contributed by atoms with Gasteiger partial charge in [0.15, 0.2) is 0 Å². The number of rotatable bonds is 17. The molecule has 1 heterocycles. The summed E-state index contributed by atoms with van der Waals surface area (Å²) in [6.07, 6.45) is 0. The summed E-state index contributed by atoms with van der Waals surface area (Å²) in [5.41, 5.74) is 1.80. The molecule has 0 aliphatic carbocycles. The summed E-state index contributed by atoms with van der Waals surface area (Å²) >= 11 is 0. The van der Waals surface area contributed by atoms with Crippen molar-refractivity contribution in [2.75, 3.05) is 0 Å². The lowest BCUT2D eigenvalue weighted by Crippen LogP contribution is -2.13. The molecule has 1 aliphatic rings. The summed E-state index contributed by atoms with van der Waals surface area (Å²) in [6, 6.07) is 42.1. The Kier molecular flexibility index (Phi) is 13.0. The van der Waals surface area contributed by atoms with Crippen LogP contribution in [0.3, 0.4) is 0 Å². The van der Waals surface area contributed by atoms with Gasteiger partial charge in [0.2, 0.25) is 0 Å². The Labute approximate surface area is 335 Å². The predicted octanol–water partition coefficient (Wildman–Crippen LogP) is 9.77. The highest BCUT2D eigenvalue weighted by atomic mass is 31.3. The number of aliphatic hydroxyl groups is 5. The third-order valence-corrected chi connectivity index (χ3v) is 16.5. The van der Waals surface area contributed by atoms with E-state index in [1.54, 1.807) is 152 Å². The quantitative estimate of drug-likeness (QED) is 0.0549. The number of para-hydroxylation sites is 6. The molecule has 0 bridgehead atoms. The van der Waals surface area contributed by atoms with Gasteiger partial charge in [-0.05, 0) is 42.5 Å². The van der Waals surface area contributed by atoms with E-state index in [2.05, 4.69) is 0 Å². The van der Waals surface area contributed by atoms with Gasteiger partial charge in [-0.1, -0.05) is 123 Å². The van der Waals surface area contributed by atoms with Gasteiger partial charge in [0.05, 0.1) is 33.0 Å². The summed E-state index contributed by atoms with van der Waals surface area (Å²) in [7, 11) is -13.2. The van der Waals surface area contributed by atoms with Crippen LogP contribution in [-0.4, -0.2) is 25.5 Å². The molecule has 58 heavy (non-hydrogen) atoms. The van der Waals surface area contributed by atoms with Gasteiger partial charge in [0.25, 0.3) is 0 Å². The van der Waals surface area contributed by atoms with Crippen LogP contribution in [0.15, 0.2) is 165 Å². The Hall–Kier alpha value is -5.39. The fourth-order valence-corrected chi connectivity index (χ4v) is 14.9. The second-order valence-corrected chi connectivity index (χ2v) is 18.6. The topological polar surface area (TPSA) is 194 Å². The molecule has 0 fully saturated rings. The van der Waals surface area contributed by atoms with Crippen LogP contribution in [0.25, 0.3) is 0 Å². The van der Waals surface area contributed by atoms with Crippen molar-refractivity contribution in [3.63, 3.8) is 0 Å². The van der Waals surface area contributed by atoms with Crippen molar-refractivity contribution in [1.82, 2.24) is 0 Å². The van der Waals surface area contributed by atoms with E-state index in [1.807, 2.05) is 0 Å². The molecule has 1 aliphatic heterocycles. The van der Waals surface area contributed by atoms with Crippen LogP contribution in [-0.2, 0) is 33.0 Å². The molecule has 7 rings (SSSR count). The maximum absolute atomic E-state index is 10.5. The standard InChI is InChI=1S/C41H40N3O11P3/c45-26-31-14-4-9-21-37(31)51-56(50-36-19-2-1-3-20-36)42-57(52-38-22-10-5-15-32(38)27-46,53-39-23-11-6-16-33(39)28-47)44-58(43-56,54-40-24-12-7-17-34(40)29-48)55-41-25-13-8-18-35(41)30-49/h1-25,45-49H,26-30H2. The van der Waals surface area contributed by atoms with Crippen molar-refractivity contribution < 1.29 is 52.7 Å². The van der Waals surface area contributed by atoms with E-state index in [0.717, 1.165) is 0 Å². The molecule has 1 atom stereocenters. The average molecular weight is 844 g/mol. The number of aliphatic hydroxyl groups excluding tert-OH is 5. The first-order chi connectivity index (χ1) is 28.3. The lowest BCUT2D eigenvalue weighted by atomic mass is 10.2. The van der Waals surface area contributed by atoms with Crippen LogP contribution in [0.4, 0.5) is 0 Å². The van der Waals surface area contributed by atoms with Crippen LogP contribution in [0.2, 0.25) is 0 Å². The highest BCUT2D eigenvalue weighted by molar-refractivity contribution is 7.79. The summed E-state index contributed by atoms with van der Waals surface area (Å²) in [6.45, 7) is -2.16. The Morgan fingerprint density at radius 3 is 0.776 bits per heavy atom. The normalized spacial score (nSPS) is 16.4. The van der Waals surface area contributed by atoms with Gasteiger partial charge in [-0.15, -0.1) is 0 Å². The van der Waals surface area contributed by atoms with Crippen LogP contribution < -0.4 is 27.1 Å². The van der Waals surface area contributed by atoms with Crippen LogP contribution in [0, 0.1) is 0 Å². The first-order valence-corrected chi connectivity index (χ1v) is 22.5. The van der Waals surface area contributed by atoms with E-state index in [1.165, 1.54) is 0 Å². The van der Waals surface area contributed by atoms with Gasteiger partial charge in [0, 0.05) is 27.8 Å². The van der Waals surface area contributed by atoms with E-state index in [-0.39, 0.29) is 34.5 Å². The maximum atomic E-state index is 10.5. The van der Waals surface area contributed by atoms with Crippen molar-refractivity contribution >= 4 is 23.0 Å². The molecular formula is C41H40N3O11P3. The highest BCUT2D eigenvalue weighted by Gasteiger charge is 2.49. The SMILES string of the molecule is OCc1ccccc1OP1(Oc2ccccc2)=NP(Oc2ccccc2CO)(Oc2ccccc2CO)=NP(Oc2ccccc2CO)(Oc2ccccc2CO)=N1. The Balaban J connectivity index is 1.64. The second kappa shape index (κ2) is 18.5. The molecule has 14 nitrogen and oxygen atoms in total. The molecule has 0 aromatic heterocycles. The number of nitrogens with zero attached hydrogens (tertiary/aromatic N) is 3. The zero-order valence-electron chi connectivity index (χ0n) is 30.8. The van der Waals surface area contributed by atoms with Gasteiger partial charge in [-0.3, -0.25) is 0 Å². The highest BCUT2D eigenvalue weighted by Crippen LogP contribution is 2.79. The van der Waals surface area contributed by atoms with Gasteiger partial charge in [0.1, 0.15) is 34.5 Å². The number of benzene rings is 6. The summed E-state index contributed by atoms with van der Waals surface area (Å²) in [5.74, 6) is 0.943. The maximum Gasteiger partial charge on any atom is 0.460 e. The van der Waals surface area contributed by atoms with Crippen LogP contribution in [0.1, 0.15) is 27.8 Å². The predicted molar refractivity (Wildman–Crippen MR) is 220 cm³/mol. The van der Waals surface area contributed by atoms with E-state index >= 15 is 0 Å². The van der Waals surface area contributed by atoms with Crippen molar-refractivity contribution in [1.29, 1.82) is 0 Å². The Morgan fingerprint density at radius 2 is 0.517 bits per heavy atom. The van der Waals surface area contributed by atoms with Gasteiger partial charge in [-0.25, -0.2) is 0 Å². The van der Waals surface area contributed by atoms with Crippen LogP contribution >= 0.6 is 23.0 Å². The molecule has 1 unspecified atom stereocenters. The van der Waals surface area contributed by atoms with E-state index in [4.69, 9.17) is 40.7 Å². The smallest absolute Gasteiger partial charge is 0.413 e. The minimum Gasteiger partial charge on any atom is -0.413 e. The third-order valence-electron chi connectivity index (χ3n) is 8.45. The molecule has 17 heteroatoms. The first kappa shape index (κ1) is 40.8. The minimum atomic E-state index is -4.43. The number of hydrogen-bond acceptors (Lipinski definition) is 14. The van der Waals surface area contributed by atoms with Gasteiger partial charge >= 0.3 is 23.0 Å². The average Bonchev–Trinajstić information content (AvgIpc) is 3.24. The van der Waals surface area contributed by atoms with Crippen molar-refractivity contribution in [3.05, 3.63) is 179 Å². The van der Waals surface area contributed by atoms with Gasteiger partial charge in [-0.2, -0.15) is 0 Å². The lowest BCUT2D eigenvalue weighted by Gasteiger charge is -2.34. The molecule has 0 saturated heterocycles. The summed E-state index contributed by atoms with van der Waals surface area (Å²) in [5, 5.41) is 52.4. The van der Waals surface area contributed by atoms with E-state index in [0.29, 0.717) is 27.8 Å². The van der Waals surface area contributed by atoms with E-state index in [9.17, 15) is 25.5 Å². The largest absolute Gasteiger partial charge is 0.460 e. The summed E-state index contributed by atoms with van der Waals surface area (Å²) in [4.78, 5) is 0. The fourth-order valence-electron chi connectivity index (χ4n) is 5.63. The van der Waals surface area contributed by atoms with Crippen molar-refractivity contribution in [2.24, 2.45) is 13.5 Å². The molecule has 6 aromatic rings. The zero-order chi connectivity index (χ0) is 40.4. The first-order valence-electron chi connectivity index (χ1n) is 17.9. The third kappa shape index (κ3) is 9.32. The minimum absolute atomic E-state index is 0.132. The van der Waals surface area contributed by atoms with Crippen molar-refractivity contribution in [3.8, 4) is 34.5 Å².